The van der Waals surface area contributed by atoms with Crippen LogP contribution in [0.2, 0.25) is 0 Å². The first kappa shape index (κ1) is 18.6. The van der Waals surface area contributed by atoms with Crippen LogP contribution in [-0.2, 0) is 25.6 Å². The SMILES string of the molecule is CC1(C)O[C@H]2O[C@H]([C@H]3C[C@@H](O)CN3C(=O)OCc3ccccc3)[C@H](O)[C@H]2O1. The molecule has 0 aliphatic carbocycles. The monoisotopic (exact) mass is 379 g/mol. The summed E-state index contributed by atoms with van der Waals surface area (Å²) in [7, 11) is 0. The van der Waals surface area contributed by atoms with Gasteiger partial charge in [0.25, 0.3) is 0 Å². The standard InChI is InChI=1S/C19H25NO7/c1-19(2)26-16-14(22)15(25-17(16)27-19)13-8-12(21)9-20(13)18(23)24-10-11-6-4-3-5-7-11/h3-7,12-17,21-22H,8-10H2,1-2H3/t12-,13-,14+,15-,16-,17-/m1/s1. The number of likely N-dealkylation sites (tertiary alicyclic amines) is 1. The van der Waals surface area contributed by atoms with Crippen LogP contribution in [0.4, 0.5) is 4.79 Å². The third-order valence-corrected chi connectivity index (χ3v) is 5.19. The van der Waals surface area contributed by atoms with E-state index in [-0.39, 0.29) is 13.2 Å². The Hall–Kier alpha value is -1.71. The van der Waals surface area contributed by atoms with Gasteiger partial charge in [-0.15, -0.1) is 0 Å². The van der Waals surface area contributed by atoms with Crippen molar-refractivity contribution in [3.8, 4) is 0 Å². The van der Waals surface area contributed by atoms with Crippen LogP contribution >= 0.6 is 0 Å². The highest BCUT2D eigenvalue weighted by Crippen LogP contribution is 2.40. The molecule has 8 heteroatoms. The zero-order chi connectivity index (χ0) is 19.2. The number of rotatable bonds is 3. The number of nitrogens with zero attached hydrogens (tertiary/aromatic N) is 1. The Morgan fingerprint density at radius 2 is 1.96 bits per heavy atom. The third kappa shape index (κ3) is 3.68. The molecule has 1 aromatic carbocycles. The number of aliphatic hydroxyl groups excluding tert-OH is 2. The molecule has 2 N–H and O–H groups in total. The fourth-order valence-electron chi connectivity index (χ4n) is 4.00. The van der Waals surface area contributed by atoms with E-state index in [2.05, 4.69) is 0 Å². The number of hydrogen-bond acceptors (Lipinski definition) is 7. The van der Waals surface area contributed by atoms with Crippen molar-refractivity contribution >= 4 is 6.09 Å². The topological polar surface area (TPSA) is 97.7 Å². The van der Waals surface area contributed by atoms with Crippen molar-refractivity contribution in [3.63, 3.8) is 0 Å². The second-order valence-corrected chi connectivity index (χ2v) is 7.71. The maximum atomic E-state index is 12.6. The van der Waals surface area contributed by atoms with Crippen molar-refractivity contribution in [2.24, 2.45) is 0 Å². The zero-order valence-electron chi connectivity index (χ0n) is 15.4. The van der Waals surface area contributed by atoms with E-state index in [0.29, 0.717) is 6.42 Å². The number of hydrogen-bond donors (Lipinski definition) is 2. The van der Waals surface area contributed by atoms with Gasteiger partial charge < -0.3 is 29.2 Å². The van der Waals surface area contributed by atoms with E-state index in [1.807, 2.05) is 30.3 Å². The molecule has 1 amide bonds. The van der Waals surface area contributed by atoms with Crippen molar-refractivity contribution in [1.29, 1.82) is 0 Å². The Morgan fingerprint density at radius 1 is 1.22 bits per heavy atom. The summed E-state index contributed by atoms with van der Waals surface area (Å²) >= 11 is 0. The molecule has 0 saturated carbocycles. The van der Waals surface area contributed by atoms with Crippen LogP contribution < -0.4 is 0 Å². The fraction of sp³-hybridized carbons (Fsp3) is 0.632. The third-order valence-electron chi connectivity index (χ3n) is 5.19. The van der Waals surface area contributed by atoms with Crippen LogP contribution in [0.3, 0.4) is 0 Å². The highest BCUT2D eigenvalue weighted by atomic mass is 16.8. The van der Waals surface area contributed by atoms with E-state index in [0.717, 1.165) is 5.56 Å². The van der Waals surface area contributed by atoms with Crippen molar-refractivity contribution < 1.29 is 34.0 Å². The van der Waals surface area contributed by atoms with E-state index >= 15 is 0 Å². The Balaban J connectivity index is 1.42. The minimum atomic E-state index is -0.962. The lowest BCUT2D eigenvalue weighted by atomic mass is 10.0. The normalized spacial score (nSPS) is 37.4. The minimum absolute atomic E-state index is 0.132. The largest absolute Gasteiger partial charge is 0.445 e. The number of benzene rings is 1. The van der Waals surface area contributed by atoms with Gasteiger partial charge in [-0.3, -0.25) is 4.90 Å². The molecule has 148 valence electrons. The first-order valence-electron chi connectivity index (χ1n) is 9.18. The highest BCUT2D eigenvalue weighted by molar-refractivity contribution is 5.68. The van der Waals surface area contributed by atoms with E-state index < -0.39 is 48.6 Å². The van der Waals surface area contributed by atoms with Crippen LogP contribution in [0, 0.1) is 0 Å². The van der Waals surface area contributed by atoms with E-state index in [9.17, 15) is 15.0 Å². The average Bonchev–Trinajstić information content (AvgIpc) is 3.25. The van der Waals surface area contributed by atoms with Crippen molar-refractivity contribution in [3.05, 3.63) is 35.9 Å². The summed E-state index contributed by atoms with van der Waals surface area (Å²) in [6.45, 7) is 3.78. The number of carbonyl (C=O) groups excluding carboxylic acids is 1. The van der Waals surface area contributed by atoms with Crippen LogP contribution in [-0.4, -0.2) is 70.3 Å². The second kappa shape index (κ2) is 7.03. The zero-order valence-corrected chi connectivity index (χ0v) is 15.4. The number of fused-ring (bicyclic) bond motifs is 1. The molecule has 3 aliphatic rings. The van der Waals surface area contributed by atoms with Gasteiger partial charge in [0, 0.05) is 0 Å². The number of amides is 1. The quantitative estimate of drug-likeness (QED) is 0.808. The minimum Gasteiger partial charge on any atom is -0.445 e. The molecular weight excluding hydrogens is 354 g/mol. The number of carbonyl (C=O) groups is 1. The summed E-state index contributed by atoms with van der Waals surface area (Å²) in [5, 5.41) is 20.7. The first-order valence-corrected chi connectivity index (χ1v) is 9.18. The van der Waals surface area contributed by atoms with Crippen molar-refractivity contribution in [1.82, 2.24) is 4.90 Å². The molecule has 27 heavy (non-hydrogen) atoms. The summed E-state index contributed by atoms with van der Waals surface area (Å²) in [6.07, 6.45) is -3.94. The lowest BCUT2D eigenvalue weighted by Gasteiger charge is -2.31. The molecule has 0 bridgehead atoms. The van der Waals surface area contributed by atoms with E-state index in [4.69, 9.17) is 18.9 Å². The number of ether oxygens (including phenoxy) is 4. The smallest absolute Gasteiger partial charge is 0.410 e. The van der Waals surface area contributed by atoms with Gasteiger partial charge in [-0.1, -0.05) is 30.3 Å². The molecule has 3 fully saturated rings. The predicted octanol–water partition coefficient (Wildman–Crippen LogP) is 0.996. The summed E-state index contributed by atoms with van der Waals surface area (Å²) < 4.78 is 22.6. The molecule has 0 spiro atoms. The molecule has 0 radical (unpaired) electrons. The predicted molar refractivity (Wildman–Crippen MR) is 92.4 cm³/mol. The molecule has 3 heterocycles. The van der Waals surface area contributed by atoms with Crippen molar-refractivity contribution in [2.45, 2.75) is 69.4 Å². The second-order valence-electron chi connectivity index (χ2n) is 7.71. The fourth-order valence-corrected chi connectivity index (χ4v) is 4.00. The average molecular weight is 379 g/mol. The maximum Gasteiger partial charge on any atom is 0.410 e. The molecule has 8 nitrogen and oxygen atoms in total. The summed E-state index contributed by atoms with van der Waals surface area (Å²) in [4.78, 5) is 14.0. The van der Waals surface area contributed by atoms with Gasteiger partial charge in [-0.25, -0.2) is 4.79 Å². The van der Waals surface area contributed by atoms with Gasteiger partial charge in [0.2, 0.25) is 0 Å². The number of aliphatic hydroxyl groups is 2. The first-order chi connectivity index (χ1) is 12.8. The molecule has 3 aliphatic heterocycles. The Labute approximate surface area is 157 Å². The summed E-state index contributed by atoms with van der Waals surface area (Å²) in [6, 6.07) is 8.84. The van der Waals surface area contributed by atoms with Crippen LogP contribution in [0.25, 0.3) is 0 Å². The molecule has 0 aromatic heterocycles. The molecule has 3 saturated heterocycles. The van der Waals surface area contributed by atoms with Gasteiger partial charge >= 0.3 is 6.09 Å². The van der Waals surface area contributed by atoms with E-state index in [1.54, 1.807) is 13.8 Å². The van der Waals surface area contributed by atoms with Crippen LogP contribution in [0.15, 0.2) is 30.3 Å². The van der Waals surface area contributed by atoms with Gasteiger partial charge in [0.05, 0.1) is 18.7 Å². The molecule has 6 atom stereocenters. The van der Waals surface area contributed by atoms with Crippen molar-refractivity contribution in [2.75, 3.05) is 6.54 Å². The maximum absolute atomic E-state index is 12.6. The van der Waals surface area contributed by atoms with Gasteiger partial charge in [-0.05, 0) is 25.8 Å². The van der Waals surface area contributed by atoms with Crippen LogP contribution in [0.5, 0.6) is 0 Å². The van der Waals surface area contributed by atoms with E-state index in [1.165, 1.54) is 4.90 Å². The summed E-state index contributed by atoms with van der Waals surface area (Å²) in [5.41, 5.74) is 0.873. The summed E-state index contributed by atoms with van der Waals surface area (Å²) in [5.74, 6) is -0.829. The Bertz CT molecular complexity index is 682. The Morgan fingerprint density at radius 3 is 2.67 bits per heavy atom. The van der Waals surface area contributed by atoms with Gasteiger partial charge in [0.15, 0.2) is 12.1 Å². The van der Waals surface area contributed by atoms with Gasteiger partial charge in [-0.2, -0.15) is 0 Å². The molecule has 4 rings (SSSR count). The lowest BCUT2D eigenvalue weighted by molar-refractivity contribution is -0.220. The van der Waals surface area contributed by atoms with Crippen LogP contribution in [0.1, 0.15) is 25.8 Å². The highest BCUT2D eigenvalue weighted by Gasteiger charge is 2.58. The molecule has 1 aromatic rings. The Kier molecular flexibility index (Phi) is 4.85. The molecular formula is C19H25NO7. The molecule has 0 unspecified atom stereocenters. The number of β-amino-alcohol motifs (C(OH)–C–C–N with tert-alkyl or cyclic N) is 1. The van der Waals surface area contributed by atoms with Gasteiger partial charge in [0.1, 0.15) is 24.9 Å². The lowest BCUT2D eigenvalue weighted by Crippen LogP contribution is -2.48.